The number of aliphatic imine (C=N–C) groups is 1. The maximum atomic E-state index is 13.5. The van der Waals surface area contributed by atoms with E-state index in [1.165, 1.54) is 12.1 Å². The zero-order valence-corrected chi connectivity index (χ0v) is 18.4. The Bertz CT molecular complexity index is 823. The molecule has 3 rings (SSSR count). The molecule has 6 nitrogen and oxygen atoms in total. The highest BCUT2D eigenvalue weighted by Gasteiger charge is 2.23. The van der Waals surface area contributed by atoms with E-state index in [0.717, 1.165) is 42.3 Å². The fraction of sp³-hybridized carbons (Fsp3) is 0.458. The standard InChI is InChI=1S/C24H33FN4O2/c1-3-26-24(27-16-19-5-4-6-20(15-19)18-30-2)28-17-23(29-11-13-31-14-12-29)21-7-9-22(25)10-8-21/h4-10,15,23H,3,11-14,16-18H2,1-2H3,(H2,26,27,28). The van der Waals surface area contributed by atoms with Crippen LogP contribution in [0.3, 0.4) is 0 Å². The number of benzene rings is 2. The molecule has 0 aliphatic carbocycles. The molecular weight excluding hydrogens is 395 g/mol. The van der Waals surface area contributed by atoms with Crippen molar-refractivity contribution in [3.05, 3.63) is 71.0 Å². The molecule has 0 bridgehead atoms. The van der Waals surface area contributed by atoms with Crippen LogP contribution in [0.25, 0.3) is 0 Å². The molecule has 1 aliphatic rings. The van der Waals surface area contributed by atoms with Crippen LogP contribution in [0.15, 0.2) is 53.5 Å². The van der Waals surface area contributed by atoms with Gasteiger partial charge in [0.05, 0.1) is 32.4 Å². The van der Waals surface area contributed by atoms with Gasteiger partial charge in [-0.3, -0.25) is 4.90 Å². The van der Waals surface area contributed by atoms with E-state index in [2.05, 4.69) is 40.7 Å². The number of guanidine groups is 1. The molecule has 2 N–H and O–H groups in total. The molecule has 7 heteroatoms. The quantitative estimate of drug-likeness (QED) is 0.475. The second kappa shape index (κ2) is 12.4. The van der Waals surface area contributed by atoms with Crippen LogP contribution in [-0.4, -0.2) is 57.4 Å². The molecule has 31 heavy (non-hydrogen) atoms. The lowest BCUT2D eigenvalue weighted by Gasteiger charge is -2.35. The summed E-state index contributed by atoms with van der Waals surface area (Å²) in [6, 6.07) is 15.2. The highest BCUT2D eigenvalue weighted by Crippen LogP contribution is 2.21. The summed E-state index contributed by atoms with van der Waals surface area (Å²) in [7, 11) is 1.70. The van der Waals surface area contributed by atoms with Crippen molar-refractivity contribution in [1.29, 1.82) is 0 Å². The average Bonchev–Trinajstić information content (AvgIpc) is 2.80. The van der Waals surface area contributed by atoms with Crippen molar-refractivity contribution in [2.24, 2.45) is 4.99 Å². The summed E-state index contributed by atoms with van der Waals surface area (Å²) in [5.74, 6) is 0.544. The topological polar surface area (TPSA) is 58.1 Å². The third-order valence-corrected chi connectivity index (χ3v) is 5.27. The Morgan fingerprint density at radius 1 is 1.13 bits per heavy atom. The summed E-state index contributed by atoms with van der Waals surface area (Å²) in [4.78, 5) is 7.14. The van der Waals surface area contributed by atoms with Gasteiger partial charge in [-0.05, 0) is 35.7 Å². The number of nitrogens with one attached hydrogen (secondary N) is 2. The number of ether oxygens (including phenoxy) is 2. The minimum absolute atomic E-state index is 0.110. The molecule has 0 amide bonds. The molecule has 0 radical (unpaired) electrons. The molecule has 168 valence electrons. The molecule has 1 unspecified atom stereocenters. The molecule has 2 aromatic carbocycles. The fourth-order valence-electron chi connectivity index (χ4n) is 3.72. The van der Waals surface area contributed by atoms with E-state index in [1.54, 1.807) is 7.11 Å². The lowest BCUT2D eigenvalue weighted by Crippen LogP contribution is -2.46. The molecule has 1 aliphatic heterocycles. The Balaban J connectivity index is 1.69. The van der Waals surface area contributed by atoms with E-state index in [0.29, 0.717) is 32.9 Å². The Morgan fingerprint density at radius 3 is 2.58 bits per heavy atom. The minimum Gasteiger partial charge on any atom is -0.380 e. The Kier molecular flexibility index (Phi) is 9.27. The monoisotopic (exact) mass is 428 g/mol. The van der Waals surface area contributed by atoms with Crippen LogP contribution in [-0.2, 0) is 22.6 Å². The SMILES string of the molecule is CCNC(=NCc1cccc(COC)c1)NCC(c1ccc(F)cc1)N1CCOCC1. The summed E-state index contributed by atoms with van der Waals surface area (Å²) in [5, 5.41) is 6.80. The van der Waals surface area contributed by atoms with Crippen LogP contribution < -0.4 is 10.6 Å². The zero-order chi connectivity index (χ0) is 21.9. The van der Waals surface area contributed by atoms with E-state index < -0.39 is 0 Å². The van der Waals surface area contributed by atoms with E-state index >= 15 is 0 Å². The van der Waals surface area contributed by atoms with E-state index in [1.807, 2.05) is 18.2 Å². The van der Waals surface area contributed by atoms with Crippen molar-refractivity contribution in [2.75, 3.05) is 46.5 Å². The van der Waals surface area contributed by atoms with E-state index in [-0.39, 0.29) is 11.9 Å². The van der Waals surface area contributed by atoms with Gasteiger partial charge >= 0.3 is 0 Å². The Hall–Kier alpha value is -2.48. The van der Waals surface area contributed by atoms with E-state index in [4.69, 9.17) is 14.5 Å². The lowest BCUT2D eigenvalue weighted by atomic mass is 10.0. The second-order valence-electron chi connectivity index (χ2n) is 7.54. The van der Waals surface area contributed by atoms with Crippen molar-refractivity contribution in [3.63, 3.8) is 0 Å². The van der Waals surface area contributed by atoms with Crippen LogP contribution in [0.4, 0.5) is 4.39 Å². The van der Waals surface area contributed by atoms with Gasteiger partial charge in [-0.1, -0.05) is 36.4 Å². The molecular formula is C24H33FN4O2. The summed E-state index contributed by atoms with van der Waals surface area (Å²) in [6.45, 7) is 7.78. The van der Waals surface area contributed by atoms with Crippen molar-refractivity contribution >= 4 is 5.96 Å². The second-order valence-corrected chi connectivity index (χ2v) is 7.54. The minimum atomic E-state index is -0.219. The number of nitrogens with zero attached hydrogens (tertiary/aromatic N) is 2. The van der Waals surface area contributed by atoms with Crippen LogP contribution in [0.2, 0.25) is 0 Å². The Morgan fingerprint density at radius 2 is 1.87 bits per heavy atom. The van der Waals surface area contributed by atoms with Gasteiger partial charge in [0.15, 0.2) is 5.96 Å². The van der Waals surface area contributed by atoms with Gasteiger partial charge < -0.3 is 20.1 Å². The van der Waals surface area contributed by atoms with Gasteiger partial charge in [-0.25, -0.2) is 9.38 Å². The summed E-state index contributed by atoms with van der Waals surface area (Å²) in [5.41, 5.74) is 3.35. The number of methoxy groups -OCH3 is 1. The first-order chi connectivity index (χ1) is 15.2. The van der Waals surface area contributed by atoms with Crippen molar-refractivity contribution in [2.45, 2.75) is 26.1 Å². The molecule has 0 aromatic heterocycles. The van der Waals surface area contributed by atoms with Gasteiger partial charge in [-0.15, -0.1) is 0 Å². The maximum absolute atomic E-state index is 13.5. The van der Waals surface area contributed by atoms with Crippen molar-refractivity contribution in [1.82, 2.24) is 15.5 Å². The lowest BCUT2D eigenvalue weighted by molar-refractivity contribution is 0.0170. The van der Waals surface area contributed by atoms with Crippen molar-refractivity contribution < 1.29 is 13.9 Å². The number of rotatable bonds is 9. The molecule has 0 spiro atoms. The predicted octanol–water partition coefficient (Wildman–Crippen LogP) is 3.10. The summed E-state index contributed by atoms with van der Waals surface area (Å²) >= 11 is 0. The van der Waals surface area contributed by atoms with Crippen LogP contribution in [0.1, 0.15) is 29.7 Å². The normalized spacial score (nSPS) is 16.2. The van der Waals surface area contributed by atoms with Crippen molar-refractivity contribution in [3.8, 4) is 0 Å². The summed E-state index contributed by atoms with van der Waals surface area (Å²) < 4.78 is 24.2. The average molecular weight is 429 g/mol. The maximum Gasteiger partial charge on any atom is 0.191 e. The molecule has 0 saturated carbocycles. The number of morpholine rings is 1. The third kappa shape index (κ3) is 7.31. The van der Waals surface area contributed by atoms with Crippen LogP contribution in [0.5, 0.6) is 0 Å². The number of hydrogen-bond donors (Lipinski definition) is 2. The highest BCUT2D eigenvalue weighted by atomic mass is 19.1. The first-order valence-corrected chi connectivity index (χ1v) is 10.9. The third-order valence-electron chi connectivity index (χ3n) is 5.27. The van der Waals surface area contributed by atoms with E-state index in [9.17, 15) is 4.39 Å². The van der Waals surface area contributed by atoms with Gasteiger partial charge in [-0.2, -0.15) is 0 Å². The molecule has 2 aromatic rings. The first-order valence-electron chi connectivity index (χ1n) is 10.9. The van der Waals surface area contributed by atoms with Crippen LogP contribution >= 0.6 is 0 Å². The highest BCUT2D eigenvalue weighted by molar-refractivity contribution is 5.79. The molecule has 1 saturated heterocycles. The van der Waals surface area contributed by atoms with Gasteiger partial charge in [0.2, 0.25) is 0 Å². The molecule has 1 heterocycles. The molecule has 1 atom stereocenters. The first kappa shape index (κ1) is 23.2. The Labute approximate surface area is 184 Å². The summed E-state index contributed by atoms with van der Waals surface area (Å²) in [6.07, 6.45) is 0. The smallest absolute Gasteiger partial charge is 0.191 e. The number of hydrogen-bond acceptors (Lipinski definition) is 4. The largest absolute Gasteiger partial charge is 0.380 e. The molecule has 1 fully saturated rings. The van der Waals surface area contributed by atoms with Gasteiger partial charge in [0.25, 0.3) is 0 Å². The zero-order valence-electron chi connectivity index (χ0n) is 18.4. The van der Waals surface area contributed by atoms with Gasteiger partial charge in [0, 0.05) is 33.3 Å². The van der Waals surface area contributed by atoms with Gasteiger partial charge in [0.1, 0.15) is 5.82 Å². The van der Waals surface area contributed by atoms with Crippen LogP contribution in [0, 0.1) is 5.82 Å². The number of halogens is 1. The predicted molar refractivity (Wildman–Crippen MR) is 122 cm³/mol. The fourth-order valence-corrected chi connectivity index (χ4v) is 3.72.